The van der Waals surface area contributed by atoms with Gasteiger partial charge in [0, 0.05) is 11.3 Å². The van der Waals surface area contributed by atoms with E-state index >= 15 is 0 Å². The van der Waals surface area contributed by atoms with E-state index in [4.69, 9.17) is 16.7 Å². The molecule has 9 heteroatoms. The lowest BCUT2D eigenvalue weighted by molar-refractivity contribution is 0.0696. The molecule has 3 N–H and O–H groups in total. The van der Waals surface area contributed by atoms with E-state index in [1.807, 2.05) is 0 Å². The van der Waals surface area contributed by atoms with Crippen LogP contribution >= 0.6 is 11.6 Å². The number of nitrogens with one attached hydrogen (secondary N) is 2. The van der Waals surface area contributed by atoms with Crippen LogP contribution in [0.5, 0.6) is 0 Å². The number of amides is 1. The van der Waals surface area contributed by atoms with Crippen molar-refractivity contribution >= 4 is 44.9 Å². The van der Waals surface area contributed by atoms with Crippen molar-refractivity contribution in [1.29, 1.82) is 0 Å². The van der Waals surface area contributed by atoms with Crippen LogP contribution in [0, 0.1) is 0 Å². The van der Waals surface area contributed by atoms with Crippen LogP contribution < -0.4 is 10.0 Å². The SMILES string of the molecule is O=C(O)c1ccc(NC(=O)c2ccc(Cl)c(NS(=O)(=O)c3ccccc3)c2)cc1. The maximum atomic E-state index is 12.5. The van der Waals surface area contributed by atoms with Crippen LogP contribution in [-0.2, 0) is 10.0 Å². The molecule has 1 amide bonds. The fourth-order valence-electron chi connectivity index (χ4n) is 2.45. The summed E-state index contributed by atoms with van der Waals surface area (Å²) in [6.07, 6.45) is 0. The Kier molecular flexibility index (Phi) is 5.86. The number of rotatable bonds is 6. The van der Waals surface area contributed by atoms with Gasteiger partial charge in [-0.25, -0.2) is 13.2 Å². The smallest absolute Gasteiger partial charge is 0.335 e. The van der Waals surface area contributed by atoms with Gasteiger partial charge in [0.15, 0.2) is 0 Å². The molecule has 148 valence electrons. The molecule has 3 aromatic carbocycles. The van der Waals surface area contributed by atoms with Gasteiger partial charge in [-0.1, -0.05) is 29.8 Å². The van der Waals surface area contributed by atoms with Crippen LogP contribution in [0.2, 0.25) is 5.02 Å². The number of hydrogen-bond acceptors (Lipinski definition) is 4. The number of aromatic carboxylic acids is 1. The average Bonchev–Trinajstić information content (AvgIpc) is 2.70. The van der Waals surface area contributed by atoms with E-state index in [1.54, 1.807) is 18.2 Å². The maximum Gasteiger partial charge on any atom is 0.335 e. The Hall–Kier alpha value is -3.36. The predicted octanol–water partition coefficient (Wildman–Crippen LogP) is 4.09. The summed E-state index contributed by atoms with van der Waals surface area (Å²) in [7, 11) is -3.87. The van der Waals surface area contributed by atoms with Crippen molar-refractivity contribution in [2.45, 2.75) is 4.90 Å². The van der Waals surface area contributed by atoms with Gasteiger partial charge in [-0.2, -0.15) is 0 Å². The molecular weight excluding hydrogens is 416 g/mol. The third-order valence-corrected chi connectivity index (χ3v) is 5.63. The highest BCUT2D eigenvalue weighted by molar-refractivity contribution is 7.92. The number of sulfonamides is 1. The molecule has 0 radical (unpaired) electrons. The summed E-state index contributed by atoms with van der Waals surface area (Å²) in [4.78, 5) is 23.4. The van der Waals surface area contributed by atoms with Crippen LogP contribution in [0.15, 0.2) is 77.7 Å². The zero-order valence-electron chi connectivity index (χ0n) is 14.8. The molecule has 0 fully saturated rings. The van der Waals surface area contributed by atoms with Crippen LogP contribution in [-0.4, -0.2) is 25.4 Å². The molecule has 0 atom stereocenters. The minimum absolute atomic E-state index is 0.0596. The number of carboxylic acids is 1. The first-order valence-electron chi connectivity index (χ1n) is 8.28. The summed E-state index contributed by atoms with van der Waals surface area (Å²) >= 11 is 6.09. The number of anilines is 2. The third kappa shape index (κ3) is 4.92. The Morgan fingerprint density at radius 1 is 0.862 bits per heavy atom. The van der Waals surface area contributed by atoms with Gasteiger partial charge in [0.25, 0.3) is 15.9 Å². The zero-order valence-corrected chi connectivity index (χ0v) is 16.4. The van der Waals surface area contributed by atoms with Gasteiger partial charge in [0.05, 0.1) is 21.2 Å². The molecule has 0 aromatic heterocycles. The molecule has 0 spiro atoms. The number of hydrogen-bond donors (Lipinski definition) is 3. The Labute approximate surface area is 172 Å². The molecule has 29 heavy (non-hydrogen) atoms. The summed E-state index contributed by atoms with van der Waals surface area (Å²) in [5, 5.41) is 11.7. The van der Waals surface area contributed by atoms with Crippen LogP contribution in [0.3, 0.4) is 0 Å². The minimum atomic E-state index is -3.87. The minimum Gasteiger partial charge on any atom is -0.478 e. The molecule has 0 aliphatic heterocycles. The van der Waals surface area contributed by atoms with E-state index in [9.17, 15) is 18.0 Å². The van der Waals surface area contributed by atoms with Crippen molar-refractivity contribution in [1.82, 2.24) is 0 Å². The molecule has 0 unspecified atom stereocenters. The number of benzene rings is 3. The molecule has 3 aromatic rings. The van der Waals surface area contributed by atoms with Gasteiger partial charge < -0.3 is 10.4 Å². The van der Waals surface area contributed by atoms with Gasteiger partial charge in [-0.3, -0.25) is 9.52 Å². The Morgan fingerprint density at radius 2 is 1.48 bits per heavy atom. The van der Waals surface area contributed by atoms with Crippen molar-refractivity contribution in [2.75, 3.05) is 10.0 Å². The fourth-order valence-corrected chi connectivity index (χ4v) is 3.76. The van der Waals surface area contributed by atoms with Gasteiger partial charge in [-0.15, -0.1) is 0 Å². The highest BCUT2D eigenvalue weighted by atomic mass is 35.5. The second-order valence-corrected chi connectivity index (χ2v) is 8.04. The van der Waals surface area contributed by atoms with Crippen molar-refractivity contribution in [3.8, 4) is 0 Å². The van der Waals surface area contributed by atoms with Crippen molar-refractivity contribution in [3.05, 3.63) is 88.9 Å². The topological polar surface area (TPSA) is 113 Å². The quantitative estimate of drug-likeness (QED) is 0.545. The first-order valence-corrected chi connectivity index (χ1v) is 10.1. The number of carbonyl (C=O) groups excluding carboxylic acids is 1. The Morgan fingerprint density at radius 3 is 2.10 bits per heavy atom. The summed E-state index contributed by atoms with van der Waals surface area (Å²) in [6, 6.07) is 17.6. The number of carboxylic acid groups (broad SMARTS) is 1. The molecule has 0 heterocycles. The standard InChI is InChI=1S/C20H15ClN2O5S/c21-17-11-8-14(19(24)22-15-9-6-13(7-10-15)20(25)26)12-18(17)23-29(27,28)16-4-2-1-3-5-16/h1-12,23H,(H,22,24)(H,25,26). The van der Waals surface area contributed by atoms with Gasteiger partial charge in [-0.05, 0) is 54.6 Å². The fraction of sp³-hybridized carbons (Fsp3) is 0. The van der Waals surface area contributed by atoms with Crippen LogP contribution in [0.1, 0.15) is 20.7 Å². The first kappa shape index (κ1) is 20.4. The van der Waals surface area contributed by atoms with E-state index in [0.29, 0.717) is 5.69 Å². The number of halogens is 1. The zero-order chi connectivity index (χ0) is 21.0. The van der Waals surface area contributed by atoms with Crippen LogP contribution in [0.4, 0.5) is 11.4 Å². The van der Waals surface area contributed by atoms with E-state index in [0.717, 1.165) is 0 Å². The largest absolute Gasteiger partial charge is 0.478 e. The van der Waals surface area contributed by atoms with Crippen molar-refractivity contribution < 1.29 is 23.1 Å². The second kappa shape index (κ2) is 8.34. The first-order chi connectivity index (χ1) is 13.8. The molecule has 0 saturated heterocycles. The molecule has 0 aliphatic carbocycles. The average molecular weight is 431 g/mol. The maximum absolute atomic E-state index is 12.5. The summed E-state index contributed by atoms with van der Waals surface area (Å²) in [5.74, 6) is -1.58. The van der Waals surface area contributed by atoms with E-state index in [-0.39, 0.29) is 26.7 Å². The molecule has 0 saturated carbocycles. The Bertz CT molecular complexity index is 1160. The Balaban J connectivity index is 1.81. The summed E-state index contributed by atoms with van der Waals surface area (Å²) in [5.41, 5.74) is 0.709. The normalized spacial score (nSPS) is 10.9. The highest BCUT2D eigenvalue weighted by Crippen LogP contribution is 2.26. The third-order valence-electron chi connectivity index (χ3n) is 3.92. The molecule has 7 nitrogen and oxygen atoms in total. The van der Waals surface area contributed by atoms with Crippen molar-refractivity contribution in [2.24, 2.45) is 0 Å². The predicted molar refractivity (Wildman–Crippen MR) is 110 cm³/mol. The lowest BCUT2D eigenvalue weighted by atomic mass is 10.1. The highest BCUT2D eigenvalue weighted by Gasteiger charge is 2.17. The van der Waals surface area contributed by atoms with E-state index < -0.39 is 21.9 Å². The lowest BCUT2D eigenvalue weighted by Crippen LogP contribution is -2.15. The summed E-state index contributed by atoms with van der Waals surface area (Å²) in [6.45, 7) is 0. The monoisotopic (exact) mass is 430 g/mol. The molecule has 0 aliphatic rings. The van der Waals surface area contributed by atoms with Crippen molar-refractivity contribution in [3.63, 3.8) is 0 Å². The van der Waals surface area contributed by atoms with Gasteiger partial charge in [0.1, 0.15) is 0 Å². The van der Waals surface area contributed by atoms with E-state index in [1.165, 1.54) is 54.6 Å². The number of carbonyl (C=O) groups is 2. The second-order valence-electron chi connectivity index (χ2n) is 5.95. The molecule has 0 bridgehead atoms. The van der Waals surface area contributed by atoms with Gasteiger partial charge in [0.2, 0.25) is 0 Å². The molecule has 3 rings (SSSR count). The lowest BCUT2D eigenvalue weighted by Gasteiger charge is -2.12. The summed E-state index contributed by atoms with van der Waals surface area (Å²) < 4.78 is 27.4. The van der Waals surface area contributed by atoms with Crippen LogP contribution in [0.25, 0.3) is 0 Å². The van der Waals surface area contributed by atoms with E-state index in [2.05, 4.69) is 10.0 Å². The molecular formula is C20H15ClN2O5S. The van der Waals surface area contributed by atoms with Gasteiger partial charge >= 0.3 is 5.97 Å².